The van der Waals surface area contributed by atoms with Gasteiger partial charge >= 0.3 is 5.97 Å². The third-order valence-corrected chi connectivity index (χ3v) is 5.85. The lowest BCUT2D eigenvalue weighted by atomic mass is 9.84. The molecule has 2 aromatic rings. The molecule has 6 nitrogen and oxygen atoms in total. The van der Waals surface area contributed by atoms with Crippen molar-refractivity contribution in [2.24, 2.45) is 5.92 Å². The summed E-state index contributed by atoms with van der Waals surface area (Å²) in [5.41, 5.74) is 2.12. The van der Waals surface area contributed by atoms with Crippen molar-refractivity contribution in [3.63, 3.8) is 0 Å². The van der Waals surface area contributed by atoms with Gasteiger partial charge in [0.1, 0.15) is 6.04 Å². The van der Waals surface area contributed by atoms with Crippen LogP contribution in [0, 0.1) is 12.8 Å². The number of hydrogen-bond acceptors (Lipinski definition) is 3. The highest BCUT2D eigenvalue weighted by Crippen LogP contribution is 2.40. The second kappa shape index (κ2) is 6.59. The van der Waals surface area contributed by atoms with Crippen molar-refractivity contribution >= 4 is 11.9 Å². The number of hydrogen-bond donors (Lipinski definition) is 1. The molecule has 1 saturated carbocycles. The molecule has 2 heterocycles. The van der Waals surface area contributed by atoms with Gasteiger partial charge < -0.3 is 10.0 Å². The zero-order valence-corrected chi connectivity index (χ0v) is 14.8. The van der Waals surface area contributed by atoms with Crippen molar-refractivity contribution in [3.05, 3.63) is 47.8 Å². The number of para-hydroxylation sites is 1. The van der Waals surface area contributed by atoms with E-state index < -0.39 is 12.0 Å². The molecule has 1 N–H and O–H groups in total. The van der Waals surface area contributed by atoms with Gasteiger partial charge in [-0.15, -0.1) is 0 Å². The number of aliphatic carboxylic acids is 1. The Morgan fingerprint density at radius 2 is 1.88 bits per heavy atom. The molecule has 4 rings (SSSR count). The van der Waals surface area contributed by atoms with Gasteiger partial charge in [-0.05, 0) is 44.2 Å². The Bertz CT molecular complexity index is 830. The third kappa shape index (κ3) is 2.69. The monoisotopic (exact) mass is 353 g/mol. The first kappa shape index (κ1) is 16.8. The summed E-state index contributed by atoms with van der Waals surface area (Å²) in [6.07, 6.45) is 6.23. The smallest absolute Gasteiger partial charge is 0.326 e. The van der Waals surface area contributed by atoms with Gasteiger partial charge in [-0.1, -0.05) is 31.0 Å². The average molecular weight is 353 g/mol. The maximum atomic E-state index is 13.3. The second-order valence-corrected chi connectivity index (χ2v) is 7.31. The molecule has 2 fully saturated rings. The predicted molar refractivity (Wildman–Crippen MR) is 96.3 cm³/mol. The molecule has 0 bridgehead atoms. The van der Waals surface area contributed by atoms with Crippen molar-refractivity contribution in [2.45, 2.75) is 51.1 Å². The Kier molecular flexibility index (Phi) is 4.26. The van der Waals surface area contributed by atoms with E-state index in [9.17, 15) is 14.7 Å². The van der Waals surface area contributed by atoms with Crippen LogP contribution in [0.25, 0.3) is 5.69 Å². The summed E-state index contributed by atoms with van der Waals surface area (Å²) >= 11 is 0. The van der Waals surface area contributed by atoms with Gasteiger partial charge in [0.05, 0.1) is 23.1 Å². The summed E-state index contributed by atoms with van der Waals surface area (Å²) in [5, 5.41) is 14.0. The lowest BCUT2D eigenvalue weighted by Crippen LogP contribution is -2.46. The molecule has 1 aromatic heterocycles. The number of carboxylic acids is 1. The average Bonchev–Trinajstić information content (AvgIpc) is 3.23. The zero-order chi connectivity index (χ0) is 18.3. The highest BCUT2D eigenvalue weighted by Gasteiger charge is 2.48. The quantitative estimate of drug-likeness (QED) is 0.920. The van der Waals surface area contributed by atoms with E-state index in [1.54, 1.807) is 15.8 Å². The number of fused-ring (bicyclic) bond motifs is 1. The summed E-state index contributed by atoms with van der Waals surface area (Å²) in [5.74, 6) is -0.800. The van der Waals surface area contributed by atoms with Gasteiger partial charge in [0.15, 0.2) is 0 Å². The van der Waals surface area contributed by atoms with Gasteiger partial charge in [0, 0.05) is 6.04 Å². The van der Waals surface area contributed by atoms with Crippen molar-refractivity contribution in [1.29, 1.82) is 0 Å². The fourth-order valence-corrected chi connectivity index (χ4v) is 4.56. The Balaban J connectivity index is 1.68. The van der Waals surface area contributed by atoms with Crippen molar-refractivity contribution in [1.82, 2.24) is 14.7 Å². The highest BCUT2D eigenvalue weighted by atomic mass is 16.4. The van der Waals surface area contributed by atoms with E-state index in [0.29, 0.717) is 17.9 Å². The maximum Gasteiger partial charge on any atom is 0.326 e. The van der Waals surface area contributed by atoms with Crippen LogP contribution in [0.4, 0.5) is 0 Å². The third-order valence-electron chi connectivity index (χ3n) is 5.85. The topological polar surface area (TPSA) is 75.4 Å². The normalized spacial score (nSPS) is 25.1. The number of carbonyl (C=O) groups excluding carboxylic acids is 1. The van der Waals surface area contributed by atoms with Crippen LogP contribution < -0.4 is 0 Å². The molecule has 1 saturated heterocycles. The minimum atomic E-state index is -0.902. The minimum Gasteiger partial charge on any atom is -0.480 e. The highest BCUT2D eigenvalue weighted by molar-refractivity contribution is 5.98. The number of likely N-dealkylation sites (tertiary alicyclic amines) is 1. The van der Waals surface area contributed by atoms with E-state index in [0.717, 1.165) is 37.1 Å². The van der Waals surface area contributed by atoms with Crippen LogP contribution in [-0.2, 0) is 4.79 Å². The molecule has 2 aliphatic rings. The molecular weight excluding hydrogens is 330 g/mol. The number of benzene rings is 1. The van der Waals surface area contributed by atoms with E-state index >= 15 is 0 Å². The Labute approximate surface area is 152 Å². The lowest BCUT2D eigenvalue weighted by Gasteiger charge is -2.32. The standard InChI is InChI=1S/C20H23N3O3/c1-13-16(12-21-23(13)15-8-3-2-4-9-15)19(24)22-17-10-6-5-7-14(17)11-18(22)20(25)26/h2-4,8-9,12,14,17-18H,5-7,10-11H2,1H3,(H,25,26). The number of aromatic nitrogens is 2. The first-order valence-electron chi connectivity index (χ1n) is 9.23. The Hall–Kier alpha value is -2.63. The van der Waals surface area contributed by atoms with Gasteiger partial charge in [-0.3, -0.25) is 4.79 Å². The van der Waals surface area contributed by atoms with Crippen LogP contribution in [0.3, 0.4) is 0 Å². The van der Waals surface area contributed by atoms with E-state index in [-0.39, 0.29) is 11.9 Å². The Morgan fingerprint density at radius 3 is 2.62 bits per heavy atom. The lowest BCUT2D eigenvalue weighted by molar-refractivity contribution is -0.141. The van der Waals surface area contributed by atoms with Gasteiger partial charge in [-0.25, -0.2) is 9.48 Å². The number of rotatable bonds is 3. The predicted octanol–water partition coefficient (Wildman–Crippen LogP) is 3.04. The largest absolute Gasteiger partial charge is 0.480 e. The molecule has 0 radical (unpaired) electrons. The van der Waals surface area contributed by atoms with Crippen LogP contribution in [-0.4, -0.2) is 43.7 Å². The van der Waals surface area contributed by atoms with Crippen LogP contribution in [0.5, 0.6) is 0 Å². The summed E-state index contributed by atoms with van der Waals surface area (Å²) < 4.78 is 1.73. The van der Waals surface area contributed by atoms with Crippen molar-refractivity contribution in [3.8, 4) is 5.69 Å². The molecule has 3 atom stereocenters. The molecule has 1 aliphatic heterocycles. The fourth-order valence-electron chi connectivity index (χ4n) is 4.56. The molecular formula is C20H23N3O3. The van der Waals surface area contributed by atoms with Crippen molar-refractivity contribution in [2.75, 3.05) is 0 Å². The van der Waals surface area contributed by atoms with Gasteiger partial charge in [0.25, 0.3) is 5.91 Å². The molecule has 1 aromatic carbocycles. The summed E-state index contributed by atoms with van der Waals surface area (Å²) in [6.45, 7) is 1.86. The summed E-state index contributed by atoms with van der Waals surface area (Å²) in [4.78, 5) is 26.7. The summed E-state index contributed by atoms with van der Waals surface area (Å²) in [6, 6.07) is 8.95. The molecule has 3 unspecified atom stereocenters. The van der Waals surface area contributed by atoms with Crippen LogP contribution >= 0.6 is 0 Å². The van der Waals surface area contributed by atoms with Gasteiger partial charge in [-0.2, -0.15) is 5.10 Å². The van der Waals surface area contributed by atoms with E-state index in [2.05, 4.69) is 5.10 Å². The maximum absolute atomic E-state index is 13.3. The molecule has 1 amide bonds. The first-order chi connectivity index (χ1) is 12.6. The van der Waals surface area contributed by atoms with E-state index in [4.69, 9.17) is 0 Å². The number of amides is 1. The molecule has 0 spiro atoms. The minimum absolute atomic E-state index is 0.0387. The van der Waals surface area contributed by atoms with Crippen LogP contribution in [0.15, 0.2) is 36.5 Å². The van der Waals surface area contributed by atoms with Crippen LogP contribution in [0.2, 0.25) is 0 Å². The second-order valence-electron chi connectivity index (χ2n) is 7.31. The number of carbonyl (C=O) groups is 2. The SMILES string of the molecule is Cc1c(C(=O)N2C(C(=O)O)CC3CCCCC32)cnn1-c1ccccc1. The van der Waals surface area contributed by atoms with E-state index in [1.807, 2.05) is 37.3 Å². The van der Waals surface area contributed by atoms with Gasteiger partial charge in [0.2, 0.25) is 0 Å². The van der Waals surface area contributed by atoms with Crippen LogP contribution in [0.1, 0.15) is 48.2 Å². The number of nitrogens with zero attached hydrogens (tertiary/aromatic N) is 3. The fraction of sp³-hybridized carbons (Fsp3) is 0.450. The molecule has 136 valence electrons. The Morgan fingerprint density at radius 1 is 1.15 bits per heavy atom. The summed E-state index contributed by atoms with van der Waals surface area (Å²) in [7, 11) is 0. The molecule has 6 heteroatoms. The van der Waals surface area contributed by atoms with Crippen molar-refractivity contribution < 1.29 is 14.7 Å². The first-order valence-corrected chi connectivity index (χ1v) is 9.23. The number of carboxylic acid groups (broad SMARTS) is 1. The molecule has 26 heavy (non-hydrogen) atoms. The zero-order valence-electron chi connectivity index (χ0n) is 14.8. The molecule has 1 aliphatic carbocycles. The van der Waals surface area contributed by atoms with E-state index in [1.165, 1.54) is 0 Å².